The van der Waals surface area contributed by atoms with E-state index in [9.17, 15) is 8.42 Å². The summed E-state index contributed by atoms with van der Waals surface area (Å²) in [5.74, 6) is 1.10. The van der Waals surface area contributed by atoms with Crippen LogP contribution in [0, 0.1) is 0 Å². The summed E-state index contributed by atoms with van der Waals surface area (Å²) in [6.45, 7) is 7.99. The maximum Gasteiger partial charge on any atom is 0.191 e. The molecule has 0 spiro atoms. The molecule has 2 N–H and O–H groups in total. The number of sulfone groups is 1. The number of nitrogens with zero attached hydrogens (tertiary/aromatic N) is 2. The first-order valence-electron chi connectivity index (χ1n) is 8.94. The molecule has 1 atom stereocenters. The van der Waals surface area contributed by atoms with E-state index in [1.165, 1.54) is 11.1 Å². The molecule has 8 heteroatoms. The lowest BCUT2D eigenvalue weighted by molar-refractivity contribution is 0.295. The van der Waals surface area contributed by atoms with Crippen molar-refractivity contribution < 1.29 is 8.42 Å². The Kier molecular flexibility index (Phi) is 9.88. The summed E-state index contributed by atoms with van der Waals surface area (Å²) in [5.41, 5.74) is 2.54. The molecular weight excluding hydrogens is 463 g/mol. The van der Waals surface area contributed by atoms with Gasteiger partial charge < -0.3 is 10.6 Å². The lowest BCUT2D eigenvalue weighted by Crippen LogP contribution is -2.43. The van der Waals surface area contributed by atoms with Crippen molar-refractivity contribution in [2.24, 2.45) is 4.99 Å². The predicted molar refractivity (Wildman–Crippen MR) is 119 cm³/mol. The molecule has 1 aromatic carbocycles. The third kappa shape index (κ3) is 7.03. The molecule has 1 aliphatic heterocycles. The molecule has 6 nitrogen and oxygen atoms in total. The smallest absolute Gasteiger partial charge is 0.191 e. The second-order valence-electron chi connectivity index (χ2n) is 6.40. The SMILES string of the molecule is CCN(CC)Cc1ccccc1CNC(=NC)NC1CCS(=O)(=O)C1.I. The van der Waals surface area contributed by atoms with Crippen LogP contribution in [0.2, 0.25) is 0 Å². The highest BCUT2D eigenvalue weighted by molar-refractivity contribution is 14.0. The van der Waals surface area contributed by atoms with Crippen LogP contribution in [0.15, 0.2) is 29.3 Å². The Balaban J connectivity index is 0.00000338. The van der Waals surface area contributed by atoms with Crippen molar-refractivity contribution in [3.8, 4) is 0 Å². The lowest BCUT2D eigenvalue weighted by Gasteiger charge is -2.21. The number of guanidine groups is 1. The summed E-state index contributed by atoms with van der Waals surface area (Å²) in [5, 5.41) is 6.54. The van der Waals surface area contributed by atoms with E-state index in [-0.39, 0.29) is 41.5 Å². The molecule has 1 aromatic rings. The summed E-state index contributed by atoms with van der Waals surface area (Å²) in [7, 11) is -1.18. The second kappa shape index (κ2) is 11.1. The molecular formula is C18H31IN4O2S. The predicted octanol–water partition coefficient (Wildman–Crippen LogP) is 2.00. The molecule has 1 aliphatic rings. The monoisotopic (exact) mass is 494 g/mol. The van der Waals surface area contributed by atoms with E-state index in [4.69, 9.17) is 0 Å². The minimum Gasteiger partial charge on any atom is -0.353 e. The van der Waals surface area contributed by atoms with Gasteiger partial charge in [-0.2, -0.15) is 0 Å². The summed E-state index contributed by atoms with van der Waals surface area (Å²) in [6.07, 6.45) is 0.640. The van der Waals surface area contributed by atoms with E-state index in [1.54, 1.807) is 7.05 Å². The van der Waals surface area contributed by atoms with Crippen molar-refractivity contribution in [1.82, 2.24) is 15.5 Å². The average Bonchev–Trinajstić information content (AvgIpc) is 2.95. The Morgan fingerprint density at radius 2 is 1.88 bits per heavy atom. The number of rotatable bonds is 7. The zero-order valence-electron chi connectivity index (χ0n) is 15.9. The molecule has 0 aliphatic carbocycles. The molecule has 1 fully saturated rings. The van der Waals surface area contributed by atoms with Crippen LogP contribution in [0.3, 0.4) is 0 Å². The van der Waals surface area contributed by atoms with Gasteiger partial charge in [0.1, 0.15) is 0 Å². The van der Waals surface area contributed by atoms with Gasteiger partial charge in [-0.25, -0.2) is 8.42 Å². The van der Waals surface area contributed by atoms with Crippen LogP contribution in [0.5, 0.6) is 0 Å². The molecule has 148 valence electrons. The minimum atomic E-state index is -2.89. The van der Waals surface area contributed by atoms with Gasteiger partial charge in [0.25, 0.3) is 0 Å². The zero-order chi connectivity index (χ0) is 18.3. The van der Waals surface area contributed by atoms with E-state index in [1.807, 2.05) is 6.07 Å². The Morgan fingerprint density at radius 3 is 2.42 bits per heavy atom. The standard InChI is InChI=1S/C18H30N4O2S.HI/c1-4-22(5-2)13-16-9-7-6-8-15(16)12-20-18(19-3)21-17-10-11-25(23,24)14-17;/h6-9,17H,4-5,10-14H2,1-3H3,(H2,19,20,21);1H. The fourth-order valence-corrected chi connectivity index (χ4v) is 4.72. The molecule has 0 amide bonds. The van der Waals surface area contributed by atoms with Crippen LogP contribution in [-0.4, -0.2) is 57.0 Å². The summed E-state index contributed by atoms with van der Waals surface area (Å²) in [4.78, 5) is 6.61. The first kappa shape index (κ1) is 23.2. The van der Waals surface area contributed by atoms with Crippen LogP contribution in [-0.2, 0) is 22.9 Å². The number of halogens is 1. The van der Waals surface area contributed by atoms with Crippen molar-refractivity contribution in [3.05, 3.63) is 35.4 Å². The van der Waals surface area contributed by atoms with Gasteiger partial charge >= 0.3 is 0 Å². The van der Waals surface area contributed by atoms with Crippen LogP contribution >= 0.6 is 24.0 Å². The second-order valence-corrected chi connectivity index (χ2v) is 8.63. The number of hydrogen-bond donors (Lipinski definition) is 2. The van der Waals surface area contributed by atoms with Gasteiger partial charge in [0, 0.05) is 26.2 Å². The normalized spacial score (nSPS) is 19.2. The van der Waals surface area contributed by atoms with Crippen LogP contribution in [0.1, 0.15) is 31.4 Å². The van der Waals surface area contributed by atoms with E-state index < -0.39 is 9.84 Å². The van der Waals surface area contributed by atoms with Crippen molar-refractivity contribution in [1.29, 1.82) is 0 Å². The Morgan fingerprint density at radius 1 is 1.23 bits per heavy atom. The van der Waals surface area contributed by atoms with E-state index >= 15 is 0 Å². The fraction of sp³-hybridized carbons (Fsp3) is 0.611. The van der Waals surface area contributed by atoms with Gasteiger partial charge in [-0.3, -0.25) is 9.89 Å². The number of nitrogens with one attached hydrogen (secondary N) is 2. The molecule has 0 aromatic heterocycles. The van der Waals surface area contributed by atoms with E-state index in [0.29, 0.717) is 18.9 Å². The van der Waals surface area contributed by atoms with Crippen molar-refractivity contribution >= 4 is 39.8 Å². The van der Waals surface area contributed by atoms with Crippen LogP contribution in [0.25, 0.3) is 0 Å². The van der Waals surface area contributed by atoms with E-state index in [0.717, 1.165) is 19.6 Å². The average molecular weight is 494 g/mol. The number of aliphatic imine (C=N–C) groups is 1. The highest BCUT2D eigenvalue weighted by Gasteiger charge is 2.28. The third-order valence-electron chi connectivity index (χ3n) is 4.65. The number of benzene rings is 1. The number of hydrogen-bond acceptors (Lipinski definition) is 4. The van der Waals surface area contributed by atoms with Gasteiger partial charge in [0.2, 0.25) is 0 Å². The van der Waals surface area contributed by atoms with Crippen LogP contribution in [0.4, 0.5) is 0 Å². The first-order chi connectivity index (χ1) is 12.0. The maximum absolute atomic E-state index is 11.6. The molecule has 1 unspecified atom stereocenters. The van der Waals surface area contributed by atoms with Crippen molar-refractivity contribution in [2.45, 2.75) is 39.4 Å². The van der Waals surface area contributed by atoms with Gasteiger partial charge in [0.15, 0.2) is 15.8 Å². The zero-order valence-corrected chi connectivity index (χ0v) is 19.0. The summed E-state index contributed by atoms with van der Waals surface area (Å²) >= 11 is 0. The van der Waals surface area contributed by atoms with Gasteiger partial charge in [-0.05, 0) is 30.6 Å². The molecule has 0 bridgehead atoms. The Bertz CT molecular complexity index is 690. The maximum atomic E-state index is 11.6. The topological polar surface area (TPSA) is 73.8 Å². The molecule has 26 heavy (non-hydrogen) atoms. The van der Waals surface area contributed by atoms with Crippen LogP contribution < -0.4 is 10.6 Å². The van der Waals surface area contributed by atoms with Crippen molar-refractivity contribution in [2.75, 3.05) is 31.6 Å². The fourth-order valence-electron chi connectivity index (χ4n) is 3.05. The highest BCUT2D eigenvalue weighted by atomic mass is 127. The van der Waals surface area contributed by atoms with Gasteiger partial charge in [-0.15, -0.1) is 24.0 Å². The molecule has 1 saturated heterocycles. The largest absolute Gasteiger partial charge is 0.353 e. The lowest BCUT2D eigenvalue weighted by atomic mass is 10.1. The summed E-state index contributed by atoms with van der Waals surface area (Å²) < 4.78 is 23.2. The minimum absolute atomic E-state index is 0. The molecule has 2 rings (SSSR count). The molecule has 1 heterocycles. The molecule has 0 saturated carbocycles. The van der Waals surface area contributed by atoms with E-state index in [2.05, 4.69) is 52.6 Å². The highest BCUT2D eigenvalue weighted by Crippen LogP contribution is 2.13. The Hall–Kier alpha value is -0.870. The van der Waals surface area contributed by atoms with Gasteiger partial charge in [-0.1, -0.05) is 38.1 Å². The summed E-state index contributed by atoms with van der Waals surface area (Å²) in [6, 6.07) is 8.34. The third-order valence-corrected chi connectivity index (χ3v) is 6.42. The molecule has 0 radical (unpaired) electrons. The Labute approximate surface area is 174 Å². The first-order valence-corrected chi connectivity index (χ1v) is 10.8. The van der Waals surface area contributed by atoms with Gasteiger partial charge in [0.05, 0.1) is 11.5 Å². The quantitative estimate of drug-likeness (QED) is 0.345. The van der Waals surface area contributed by atoms with Crippen molar-refractivity contribution in [3.63, 3.8) is 0 Å².